The smallest absolute Gasteiger partial charge is 0.238 e. The maximum atomic E-state index is 12.4. The largest absolute Gasteiger partial charge is 0.325 e. The third-order valence-corrected chi connectivity index (χ3v) is 4.60. The molecule has 0 saturated heterocycles. The first kappa shape index (κ1) is 19.5. The van der Waals surface area contributed by atoms with Gasteiger partial charge in [0.25, 0.3) is 0 Å². The second kappa shape index (κ2) is 8.63. The van der Waals surface area contributed by atoms with Crippen molar-refractivity contribution in [1.82, 2.24) is 9.88 Å². The maximum Gasteiger partial charge on any atom is 0.238 e. The van der Waals surface area contributed by atoms with Gasteiger partial charge < -0.3 is 10.2 Å². The van der Waals surface area contributed by atoms with Crippen LogP contribution in [0, 0.1) is 0 Å². The SMILES string of the molecule is CC(=O)N(C)c1ccc(NC(=O)CN(C)Cc2cccc3ncccc23)cc1. The van der Waals surface area contributed by atoms with Gasteiger partial charge in [0.05, 0.1) is 12.1 Å². The predicted molar refractivity (Wildman–Crippen MR) is 112 cm³/mol. The molecular weight excluding hydrogens is 352 g/mol. The fraction of sp³-hybridized carbons (Fsp3) is 0.227. The average molecular weight is 376 g/mol. The molecule has 0 aliphatic carbocycles. The Morgan fingerprint density at radius 3 is 2.46 bits per heavy atom. The first-order valence-electron chi connectivity index (χ1n) is 9.09. The summed E-state index contributed by atoms with van der Waals surface area (Å²) in [5.74, 6) is -0.129. The number of hydrogen-bond donors (Lipinski definition) is 1. The molecule has 0 radical (unpaired) electrons. The number of benzene rings is 2. The number of nitrogens with zero attached hydrogens (tertiary/aromatic N) is 3. The minimum Gasteiger partial charge on any atom is -0.325 e. The van der Waals surface area contributed by atoms with Gasteiger partial charge in [-0.3, -0.25) is 19.5 Å². The molecule has 6 heteroatoms. The fourth-order valence-corrected chi connectivity index (χ4v) is 3.05. The second-order valence-electron chi connectivity index (χ2n) is 6.83. The number of amides is 2. The quantitative estimate of drug-likeness (QED) is 0.717. The zero-order chi connectivity index (χ0) is 20.1. The van der Waals surface area contributed by atoms with E-state index >= 15 is 0 Å². The number of aromatic nitrogens is 1. The molecule has 2 aromatic carbocycles. The number of fused-ring (bicyclic) bond motifs is 1. The molecule has 1 N–H and O–H groups in total. The van der Waals surface area contributed by atoms with Crippen molar-refractivity contribution in [3.05, 3.63) is 66.4 Å². The number of anilines is 2. The molecule has 0 aliphatic rings. The van der Waals surface area contributed by atoms with Crippen molar-refractivity contribution in [2.45, 2.75) is 13.5 Å². The zero-order valence-corrected chi connectivity index (χ0v) is 16.3. The van der Waals surface area contributed by atoms with E-state index in [0.717, 1.165) is 22.2 Å². The Kier molecular flexibility index (Phi) is 6.01. The summed E-state index contributed by atoms with van der Waals surface area (Å²) in [4.78, 5) is 31.7. The van der Waals surface area contributed by atoms with Gasteiger partial charge in [-0.1, -0.05) is 18.2 Å². The van der Waals surface area contributed by atoms with Crippen LogP contribution < -0.4 is 10.2 Å². The van der Waals surface area contributed by atoms with E-state index in [9.17, 15) is 9.59 Å². The summed E-state index contributed by atoms with van der Waals surface area (Å²) in [5, 5.41) is 3.99. The van der Waals surface area contributed by atoms with Crippen molar-refractivity contribution >= 4 is 34.1 Å². The highest BCUT2D eigenvalue weighted by Crippen LogP contribution is 2.19. The van der Waals surface area contributed by atoms with Crippen LogP contribution in [-0.4, -0.2) is 42.3 Å². The normalized spacial score (nSPS) is 10.9. The molecule has 0 fully saturated rings. The van der Waals surface area contributed by atoms with Crippen LogP contribution in [0.25, 0.3) is 10.9 Å². The molecule has 1 aromatic heterocycles. The van der Waals surface area contributed by atoms with Crippen LogP contribution in [0.5, 0.6) is 0 Å². The highest BCUT2D eigenvalue weighted by molar-refractivity contribution is 5.94. The van der Waals surface area contributed by atoms with Crippen molar-refractivity contribution in [2.24, 2.45) is 0 Å². The van der Waals surface area contributed by atoms with Crippen LogP contribution in [0.1, 0.15) is 12.5 Å². The molecule has 0 spiro atoms. The van der Waals surface area contributed by atoms with Crippen molar-refractivity contribution < 1.29 is 9.59 Å². The number of likely N-dealkylation sites (N-methyl/N-ethyl adjacent to an activating group) is 1. The van der Waals surface area contributed by atoms with E-state index in [-0.39, 0.29) is 18.4 Å². The number of carbonyl (C=O) groups is 2. The highest BCUT2D eigenvalue weighted by Gasteiger charge is 2.10. The van der Waals surface area contributed by atoms with E-state index in [1.54, 1.807) is 30.3 Å². The monoisotopic (exact) mass is 376 g/mol. The van der Waals surface area contributed by atoms with E-state index in [0.29, 0.717) is 12.2 Å². The van der Waals surface area contributed by atoms with E-state index in [1.165, 1.54) is 6.92 Å². The molecule has 6 nitrogen and oxygen atoms in total. The first-order chi connectivity index (χ1) is 13.4. The van der Waals surface area contributed by atoms with Gasteiger partial charge in [-0.25, -0.2) is 0 Å². The summed E-state index contributed by atoms with van der Waals surface area (Å²) in [6.45, 7) is 2.43. The van der Waals surface area contributed by atoms with Crippen LogP contribution in [0.3, 0.4) is 0 Å². The molecule has 2 amide bonds. The number of rotatable bonds is 6. The van der Waals surface area contributed by atoms with E-state index in [2.05, 4.69) is 16.4 Å². The summed E-state index contributed by atoms with van der Waals surface area (Å²) in [7, 11) is 3.63. The van der Waals surface area contributed by atoms with Crippen molar-refractivity contribution in [3.8, 4) is 0 Å². The summed E-state index contributed by atoms with van der Waals surface area (Å²) in [6.07, 6.45) is 1.78. The van der Waals surface area contributed by atoms with Crippen LogP contribution in [0.2, 0.25) is 0 Å². The molecule has 0 aliphatic heterocycles. The van der Waals surface area contributed by atoms with Gasteiger partial charge >= 0.3 is 0 Å². The molecular formula is C22H24N4O2. The lowest BCUT2D eigenvalue weighted by molar-refractivity contribution is -0.117. The molecule has 0 unspecified atom stereocenters. The molecule has 0 bridgehead atoms. The van der Waals surface area contributed by atoms with Crippen molar-refractivity contribution in [1.29, 1.82) is 0 Å². The Hall–Kier alpha value is -3.25. The molecule has 3 aromatic rings. The Morgan fingerprint density at radius 2 is 1.75 bits per heavy atom. The van der Waals surface area contributed by atoms with Crippen LogP contribution in [-0.2, 0) is 16.1 Å². The lowest BCUT2D eigenvalue weighted by Crippen LogP contribution is -2.30. The Morgan fingerprint density at radius 1 is 1.00 bits per heavy atom. The fourth-order valence-electron chi connectivity index (χ4n) is 3.05. The topological polar surface area (TPSA) is 65.5 Å². The predicted octanol–water partition coefficient (Wildman–Crippen LogP) is 3.29. The summed E-state index contributed by atoms with van der Waals surface area (Å²) in [6, 6.07) is 17.2. The first-order valence-corrected chi connectivity index (χ1v) is 9.09. The zero-order valence-electron chi connectivity index (χ0n) is 16.3. The Labute approximate surface area is 164 Å². The Bertz CT molecular complexity index is 980. The third kappa shape index (κ3) is 4.72. The highest BCUT2D eigenvalue weighted by atomic mass is 16.2. The molecule has 28 heavy (non-hydrogen) atoms. The van der Waals surface area contributed by atoms with Crippen LogP contribution in [0.15, 0.2) is 60.8 Å². The van der Waals surface area contributed by atoms with Gasteiger partial charge in [-0.2, -0.15) is 0 Å². The molecule has 0 atom stereocenters. The standard InChI is InChI=1S/C22H24N4O2/c1-16(27)26(3)19-11-9-18(10-12-19)24-22(28)15-25(2)14-17-6-4-8-21-20(17)7-5-13-23-21/h4-13H,14-15H2,1-3H3,(H,24,28). The summed E-state index contributed by atoms with van der Waals surface area (Å²) >= 11 is 0. The van der Waals surface area contributed by atoms with Gasteiger partial charge in [0, 0.05) is 43.5 Å². The minimum absolute atomic E-state index is 0.0398. The van der Waals surface area contributed by atoms with Gasteiger partial charge in [0.1, 0.15) is 0 Å². The van der Waals surface area contributed by atoms with E-state index in [4.69, 9.17) is 0 Å². The van der Waals surface area contributed by atoms with Gasteiger partial charge in [-0.15, -0.1) is 0 Å². The molecule has 3 rings (SSSR count). The minimum atomic E-state index is -0.0893. The summed E-state index contributed by atoms with van der Waals surface area (Å²) < 4.78 is 0. The van der Waals surface area contributed by atoms with Gasteiger partial charge in [-0.05, 0) is 49.0 Å². The number of carbonyl (C=O) groups excluding carboxylic acids is 2. The molecule has 144 valence electrons. The van der Waals surface area contributed by atoms with Crippen LogP contribution in [0.4, 0.5) is 11.4 Å². The van der Waals surface area contributed by atoms with Crippen molar-refractivity contribution in [3.63, 3.8) is 0 Å². The molecule has 0 saturated carbocycles. The van der Waals surface area contributed by atoms with Gasteiger partial charge in [0.2, 0.25) is 11.8 Å². The van der Waals surface area contributed by atoms with Crippen molar-refractivity contribution in [2.75, 3.05) is 30.9 Å². The molecule has 1 heterocycles. The van der Waals surface area contributed by atoms with Crippen LogP contribution >= 0.6 is 0 Å². The lowest BCUT2D eigenvalue weighted by atomic mass is 10.1. The second-order valence-corrected chi connectivity index (χ2v) is 6.83. The van der Waals surface area contributed by atoms with E-state index in [1.807, 2.05) is 48.3 Å². The number of hydrogen-bond acceptors (Lipinski definition) is 4. The van der Waals surface area contributed by atoms with E-state index < -0.39 is 0 Å². The number of nitrogens with one attached hydrogen (secondary N) is 1. The maximum absolute atomic E-state index is 12.4. The lowest BCUT2D eigenvalue weighted by Gasteiger charge is -2.18. The summed E-state index contributed by atoms with van der Waals surface area (Å²) in [5.41, 5.74) is 3.58. The third-order valence-electron chi connectivity index (χ3n) is 4.60. The average Bonchev–Trinajstić information content (AvgIpc) is 2.68. The number of pyridine rings is 1. The van der Waals surface area contributed by atoms with Gasteiger partial charge in [0.15, 0.2) is 0 Å². The Balaban J connectivity index is 1.59.